The molecule has 1 amide bonds. The minimum atomic E-state index is 0.163. The van der Waals surface area contributed by atoms with Gasteiger partial charge in [0.25, 0.3) is 0 Å². The largest absolute Gasteiger partial charge is 0.395 e. The summed E-state index contributed by atoms with van der Waals surface area (Å²) in [6.45, 7) is 4.25. The van der Waals surface area contributed by atoms with Crippen molar-refractivity contribution in [2.24, 2.45) is 0 Å². The molecule has 2 fully saturated rings. The van der Waals surface area contributed by atoms with Crippen molar-refractivity contribution >= 4 is 5.91 Å². The monoisotopic (exact) mass is 242 g/mol. The zero-order valence-electron chi connectivity index (χ0n) is 10.3. The summed E-state index contributed by atoms with van der Waals surface area (Å²) in [5, 5.41) is 9.30. The van der Waals surface area contributed by atoms with E-state index in [1.807, 2.05) is 4.90 Å². The first kappa shape index (κ1) is 12.8. The molecule has 1 unspecified atom stereocenters. The third-order valence-electron chi connectivity index (χ3n) is 3.66. The second-order valence-corrected chi connectivity index (χ2v) is 4.80. The summed E-state index contributed by atoms with van der Waals surface area (Å²) in [4.78, 5) is 16.1. The Morgan fingerprint density at radius 1 is 1.24 bits per heavy atom. The zero-order chi connectivity index (χ0) is 12.1. The van der Waals surface area contributed by atoms with Crippen LogP contribution in [-0.2, 0) is 9.53 Å². The molecular weight excluding hydrogens is 220 g/mol. The van der Waals surface area contributed by atoms with E-state index >= 15 is 0 Å². The number of piperidine rings is 1. The highest BCUT2D eigenvalue weighted by molar-refractivity contribution is 5.78. The molecule has 5 heteroatoms. The fourth-order valence-corrected chi connectivity index (χ4v) is 2.56. The molecule has 0 saturated carbocycles. The normalized spacial score (nSPS) is 27.1. The van der Waals surface area contributed by atoms with Crippen LogP contribution in [0.3, 0.4) is 0 Å². The van der Waals surface area contributed by atoms with Gasteiger partial charge in [-0.3, -0.25) is 9.69 Å². The molecular formula is C12H22N2O3. The molecule has 0 aromatic heterocycles. The highest BCUT2D eigenvalue weighted by Gasteiger charge is 2.26. The van der Waals surface area contributed by atoms with Gasteiger partial charge in [0.1, 0.15) is 0 Å². The highest BCUT2D eigenvalue weighted by Crippen LogP contribution is 2.16. The second-order valence-electron chi connectivity index (χ2n) is 4.80. The van der Waals surface area contributed by atoms with Gasteiger partial charge in [0.15, 0.2) is 0 Å². The van der Waals surface area contributed by atoms with Crippen LogP contribution in [0.15, 0.2) is 0 Å². The first-order valence-electron chi connectivity index (χ1n) is 6.51. The number of likely N-dealkylation sites (tertiary alicyclic amines) is 1. The number of morpholine rings is 1. The van der Waals surface area contributed by atoms with Gasteiger partial charge in [-0.15, -0.1) is 0 Å². The third-order valence-corrected chi connectivity index (χ3v) is 3.66. The number of amides is 1. The maximum atomic E-state index is 12.1. The topological polar surface area (TPSA) is 53.0 Å². The number of ether oxygens (including phenoxy) is 1. The summed E-state index contributed by atoms with van der Waals surface area (Å²) >= 11 is 0. The quantitative estimate of drug-likeness (QED) is 0.738. The Morgan fingerprint density at radius 2 is 2.00 bits per heavy atom. The van der Waals surface area contributed by atoms with Gasteiger partial charge in [-0.25, -0.2) is 0 Å². The second kappa shape index (κ2) is 6.33. The molecule has 2 saturated heterocycles. The van der Waals surface area contributed by atoms with Crippen LogP contribution < -0.4 is 0 Å². The van der Waals surface area contributed by atoms with Crippen molar-refractivity contribution in [3.8, 4) is 0 Å². The molecule has 2 heterocycles. The SMILES string of the molecule is O=C(CN1CCCCC1CO)N1CCOCC1. The number of aliphatic hydroxyl groups is 1. The maximum Gasteiger partial charge on any atom is 0.236 e. The van der Waals surface area contributed by atoms with Gasteiger partial charge < -0.3 is 14.7 Å². The molecule has 5 nitrogen and oxygen atoms in total. The first-order chi connectivity index (χ1) is 8.31. The summed E-state index contributed by atoms with van der Waals surface area (Å²) in [6.07, 6.45) is 3.30. The summed E-state index contributed by atoms with van der Waals surface area (Å²) in [6, 6.07) is 0.175. The summed E-state index contributed by atoms with van der Waals surface area (Å²) in [5.74, 6) is 0.175. The van der Waals surface area contributed by atoms with Crippen LogP contribution >= 0.6 is 0 Å². The number of nitrogens with zero attached hydrogens (tertiary/aromatic N) is 2. The van der Waals surface area contributed by atoms with Gasteiger partial charge in [0.05, 0.1) is 26.4 Å². The van der Waals surface area contributed by atoms with E-state index < -0.39 is 0 Å². The minimum Gasteiger partial charge on any atom is -0.395 e. The lowest BCUT2D eigenvalue weighted by Crippen LogP contribution is -2.50. The molecule has 0 bridgehead atoms. The van der Waals surface area contributed by atoms with E-state index in [2.05, 4.69) is 4.90 Å². The fourth-order valence-electron chi connectivity index (χ4n) is 2.56. The Hall–Kier alpha value is -0.650. The van der Waals surface area contributed by atoms with Gasteiger partial charge >= 0.3 is 0 Å². The van der Waals surface area contributed by atoms with Gasteiger partial charge in [0.2, 0.25) is 5.91 Å². The zero-order valence-corrected chi connectivity index (χ0v) is 10.3. The molecule has 0 spiro atoms. The molecule has 2 rings (SSSR count). The van der Waals surface area contributed by atoms with Crippen LogP contribution in [0, 0.1) is 0 Å². The van der Waals surface area contributed by atoms with E-state index in [1.165, 1.54) is 0 Å². The molecule has 17 heavy (non-hydrogen) atoms. The summed E-state index contributed by atoms with van der Waals surface area (Å²) < 4.78 is 5.23. The molecule has 0 aromatic carbocycles. The number of carbonyl (C=O) groups is 1. The van der Waals surface area contributed by atoms with E-state index in [4.69, 9.17) is 4.74 Å². The average Bonchev–Trinajstić information content (AvgIpc) is 2.40. The number of rotatable bonds is 3. The van der Waals surface area contributed by atoms with E-state index in [0.717, 1.165) is 25.8 Å². The van der Waals surface area contributed by atoms with Crippen molar-refractivity contribution in [2.45, 2.75) is 25.3 Å². The lowest BCUT2D eigenvalue weighted by atomic mass is 10.0. The standard InChI is InChI=1S/C12H22N2O3/c15-10-11-3-1-2-4-14(11)9-12(16)13-5-7-17-8-6-13/h11,15H,1-10H2. The van der Waals surface area contributed by atoms with Crippen LogP contribution in [0.1, 0.15) is 19.3 Å². The van der Waals surface area contributed by atoms with E-state index in [0.29, 0.717) is 32.8 Å². The van der Waals surface area contributed by atoms with Gasteiger partial charge in [-0.1, -0.05) is 6.42 Å². The lowest BCUT2D eigenvalue weighted by molar-refractivity contribution is -0.137. The number of carbonyl (C=O) groups excluding carboxylic acids is 1. The van der Waals surface area contributed by atoms with E-state index in [-0.39, 0.29) is 18.6 Å². The molecule has 0 aromatic rings. The van der Waals surface area contributed by atoms with Crippen LogP contribution in [0.2, 0.25) is 0 Å². The smallest absolute Gasteiger partial charge is 0.236 e. The molecule has 0 radical (unpaired) electrons. The Bertz CT molecular complexity index is 254. The Kier molecular flexibility index (Phi) is 4.76. The van der Waals surface area contributed by atoms with Crippen LogP contribution in [0.5, 0.6) is 0 Å². The first-order valence-corrected chi connectivity index (χ1v) is 6.51. The maximum absolute atomic E-state index is 12.1. The minimum absolute atomic E-state index is 0.163. The van der Waals surface area contributed by atoms with Crippen molar-refractivity contribution in [1.29, 1.82) is 0 Å². The lowest BCUT2D eigenvalue weighted by Gasteiger charge is -2.36. The molecule has 98 valence electrons. The summed E-state index contributed by atoms with van der Waals surface area (Å²) in [5.41, 5.74) is 0. The van der Waals surface area contributed by atoms with Gasteiger partial charge in [-0.05, 0) is 19.4 Å². The van der Waals surface area contributed by atoms with Crippen LogP contribution in [-0.4, -0.2) is 72.9 Å². The molecule has 1 N–H and O–H groups in total. The molecule has 1 atom stereocenters. The number of hydrogen-bond acceptors (Lipinski definition) is 4. The molecule has 2 aliphatic heterocycles. The van der Waals surface area contributed by atoms with Crippen molar-refractivity contribution in [3.05, 3.63) is 0 Å². The Balaban J connectivity index is 1.83. The van der Waals surface area contributed by atoms with Crippen LogP contribution in [0.25, 0.3) is 0 Å². The van der Waals surface area contributed by atoms with Crippen molar-refractivity contribution in [1.82, 2.24) is 9.80 Å². The molecule has 0 aliphatic carbocycles. The molecule has 2 aliphatic rings. The van der Waals surface area contributed by atoms with E-state index in [9.17, 15) is 9.90 Å². The van der Waals surface area contributed by atoms with E-state index in [1.54, 1.807) is 0 Å². The predicted molar refractivity (Wildman–Crippen MR) is 63.7 cm³/mol. The van der Waals surface area contributed by atoms with Crippen molar-refractivity contribution in [2.75, 3.05) is 46.0 Å². The Morgan fingerprint density at radius 3 is 2.71 bits per heavy atom. The average molecular weight is 242 g/mol. The summed E-state index contributed by atoms with van der Waals surface area (Å²) in [7, 11) is 0. The number of hydrogen-bond donors (Lipinski definition) is 1. The predicted octanol–water partition coefficient (Wildman–Crippen LogP) is -0.308. The Labute approximate surface area is 102 Å². The van der Waals surface area contributed by atoms with Crippen molar-refractivity contribution < 1.29 is 14.6 Å². The number of aliphatic hydroxyl groups excluding tert-OH is 1. The van der Waals surface area contributed by atoms with Gasteiger partial charge in [-0.2, -0.15) is 0 Å². The van der Waals surface area contributed by atoms with Crippen molar-refractivity contribution in [3.63, 3.8) is 0 Å². The van der Waals surface area contributed by atoms with Crippen LogP contribution in [0.4, 0.5) is 0 Å². The third kappa shape index (κ3) is 3.40. The fraction of sp³-hybridized carbons (Fsp3) is 0.917. The van der Waals surface area contributed by atoms with Gasteiger partial charge in [0, 0.05) is 19.1 Å². The highest BCUT2D eigenvalue weighted by atomic mass is 16.5.